The van der Waals surface area contributed by atoms with E-state index < -0.39 is 9.05 Å². The van der Waals surface area contributed by atoms with E-state index in [1.54, 1.807) is 7.11 Å². The van der Waals surface area contributed by atoms with Gasteiger partial charge in [-0.25, -0.2) is 8.42 Å². The second-order valence-electron chi connectivity index (χ2n) is 4.27. The maximum absolute atomic E-state index is 10.9. The summed E-state index contributed by atoms with van der Waals surface area (Å²) in [7, 11) is 3.37. The van der Waals surface area contributed by atoms with Crippen LogP contribution in [0.2, 0.25) is 0 Å². The number of hydrogen-bond donors (Lipinski definition) is 0. The fourth-order valence-electron chi connectivity index (χ4n) is 1.40. The summed E-state index contributed by atoms with van der Waals surface area (Å²) in [6, 6.07) is 0. The molecule has 1 unspecified atom stereocenters. The molecule has 0 spiro atoms. The summed E-state index contributed by atoms with van der Waals surface area (Å²) in [6.07, 6.45) is 0.708. The average molecular weight is 333 g/mol. The van der Waals surface area contributed by atoms with Crippen LogP contribution >= 0.6 is 10.7 Å². The summed E-state index contributed by atoms with van der Waals surface area (Å²) in [5.74, 6) is -0.130. The van der Waals surface area contributed by atoms with Crippen LogP contribution in [0, 0.1) is 5.92 Å². The quantitative estimate of drug-likeness (QED) is 0.352. The molecule has 8 heteroatoms. The van der Waals surface area contributed by atoms with Gasteiger partial charge in [0.1, 0.15) is 0 Å². The summed E-state index contributed by atoms with van der Waals surface area (Å²) < 4.78 is 42.6. The molecule has 0 aliphatic carbocycles. The van der Waals surface area contributed by atoms with E-state index in [0.29, 0.717) is 52.7 Å². The zero-order chi connectivity index (χ0) is 15.3. The summed E-state index contributed by atoms with van der Waals surface area (Å²) in [5, 5.41) is 0. The van der Waals surface area contributed by atoms with E-state index >= 15 is 0 Å². The van der Waals surface area contributed by atoms with Crippen molar-refractivity contribution in [2.45, 2.75) is 13.3 Å². The molecule has 0 aromatic rings. The summed E-state index contributed by atoms with van der Waals surface area (Å²) >= 11 is 0. The molecule has 0 N–H and O–H groups in total. The second-order valence-corrected chi connectivity index (χ2v) is 7.09. The first kappa shape index (κ1) is 20.1. The zero-order valence-electron chi connectivity index (χ0n) is 12.2. The third-order valence-electron chi connectivity index (χ3n) is 2.54. The molecule has 0 aromatic heterocycles. The molecule has 0 heterocycles. The monoisotopic (exact) mass is 332 g/mol. The van der Waals surface area contributed by atoms with E-state index in [4.69, 9.17) is 29.6 Å². The Morgan fingerprint density at radius 2 is 1.45 bits per heavy atom. The van der Waals surface area contributed by atoms with Crippen molar-refractivity contribution in [2.24, 2.45) is 5.92 Å². The Morgan fingerprint density at radius 3 is 1.90 bits per heavy atom. The standard InChI is InChI=1S/C12H25ClO6S/c1-3-12(11-20(13,14)15)10-19-9-8-18-7-6-17-5-4-16-2/h12H,3-11H2,1-2H3. The van der Waals surface area contributed by atoms with Gasteiger partial charge in [0.05, 0.1) is 52.0 Å². The van der Waals surface area contributed by atoms with Crippen molar-refractivity contribution in [2.75, 3.05) is 59.1 Å². The fourth-order valence-corrected chi connectivity index (χ4v) is 2.83. The number of rotatable bonds is 14. The van der Waals surface area contributed by atoms with E-state index in [1.165, 1.54) is 0 Å². The summed E-state index contributed by atoms with van der Waals surface area (Å²) in [4.78, 5) is 0. The summed E-state index contributed by atoms with van der Waals surface area (Å²) in [5.41, 5.74) is 0. The minimum atomic E-state index is -3.46. The molecule has 0 fully saturated rings. The van der Waals surface area contributed by atoms with Crippen LogP contribution in [-0.2, 0) is 28.0 Å². The first-order chi connectivity index (χ1) is 9.49. The Kier molecular flexibility index (Phi) is 12.8. The number of hydrogen-bond acceptors (Lipinski definition) is 6. The Morgan fingerprint density at radius 1 is 0.950 bits per heavy atom. The molecule has 1 atom stereocenters. The third-order valence-corrected chi connectivity index (χ3v) is 3.79. The maximum atomic E-state index is 10.9. The van der Waals surface area contributed by atoms with Crippen LogP contribution in [0.5, 0.6) is 0 Å². The Bertz CT molecular complexity index is 309. The van der Waals surface area contributed by atoms with Crippen LogP contribution < -0.4 is 0 Å². The number of methoxy groups -OCH3 is 1. The lowest BCUT2D eigenvalue weighted by atomic mass is 10.1. The van der Waals surface area contributed by atoms with E-state index in [2.05, 4.69) is 0 Å². The van der Waals surface area contributed by atoms with Gasteiger partial charge in [-0.05, 0) is 5.92 Å². The Labute approximate surface area is 126 Å². The molecule has 0 rings (SSSR count). The van der Waals surface area contributed by atoms with Gasteiger partial charge in [-0.2, -0.15) is 0 Å². The molecule has 0 aromatic carbocycles. The highest BCUT2D eigenvalue weighted by Crippen LogP contribution is 2.10. The third kappa shape index (κ3) is 14.5. The van der Waals surface area contributed by atoms with Gasteiger partial charge in [-0.3, -0.25) is 0 Å². The molecular weight excluding hydrogens is 308 g/mol. The molecule has 0 amide bonds. The molecule has 0 aliphatic heterocycles. The van der Waals surface area contributed by atoms with Crippen LogP contribution in [-0.4, -0.2) is 67.5 Å². The van der Waals surface area contributed by atoms with Gasteiger partial charge in [-0.1, -0.05) is 13.3 Å². The Hall–Kier alpha value is 0.0800. The molecule has 122 valence electrons. The lowest BCUT2D eigenvalue weighted by Crippen LogP contribution is -2.19. The highest BCUT2D eigenvalue weighted by Gasteiger charge is 2.15. The Balaban J connectivity index is 3.38. The molecule has 0 saturated heterocycles. The minimum absolute atomic E-state index is 0.0563. The van der Waals surface area contributed by atoms with Gasteiger partial charge < -0.3 is 18.9 Å². The topological polar surface area (TPSA) is 71.1 Å². The van der Waals surface area contributed by atoms with Crippen molar-refractivity contribution in [3.8, 4) is 0 Å². The minimum Gasteiger partial charge on any atom is -0.382 e. The summed E-state index contributed by atoms with van der Waals surface area (Å²) in [6.45, 7) is 5.31. The lowest BCUT2D eigenvalue weighted by molar-refractivity contribution is -0.000556. The zero-order valence-corrected chi connectivity index (χ0v) is 13.7. The maximum Gasteiger partial charge on any atom is 0.232 e. The van der Waals surface area contributed by atoms with Gasteiger partial charge in [0.15, 0.2) is 0 Å². The van der Waals surface area contributed by atoms with Crippen LogP contribution in [0.4, 0.5) is 0 Å². The first-order valence-corrected chi connectivity index (χ1v) is 9.12. The van der Waals surface area contributed by atoms with Crippen LogP contribution in [0.25, 0.3) is 0 Å². The van der Waals surface area contributed by atoms with E-state index in [0.717, 1.165) is 0 Å². The van der Waals surface area contributed by atoms with Crippen molar-refractivity contribution in [3.63, 3.8) is 0 Å². The highest BCUT2D eigenvalue weighted by molar-refractivity contribution is 8.13. The molecule has 0 bridgehead atoms. The van der Waals surface area contributed by atoms with Crippen molar-refractivity contribution in [3.05, 3.63) is 0 Å². The van der Waals surface area contributed by atoms with Crippen LogP contribution in [0.3, 0.4) is 0 Å². The number of ether oxygens (including phenoxy) is 4. The van der Waals surface area contributed by atoms with Crippen LogP contribution in [0.15, 0.2) is 0 Å². The normalized spacial score (nSPS) is 13.6. The van der Waals surface area contributed by atoms with Crippen molar-refractivity contribution < 1.29 is 27.4 Å². The highest BCUT2D eigenvalue weighted by atomic mass is 35.7. The molecule has 0 radical (unpaired) electrons. The van der Waals surface area contributed by atoms with Gasteiger partial charge >= 0.3 is 0 Å². The molecule has 0 saturated carbocycles. The lowest BCUT2D eigenvalue weighted by Gasteiger charge is -2.13. The van der Waals surface area contributed by atoms with E-state index in [-0.39, 0.29) is 11.7 Å². The number of halogens is 1. The smallest absolute Gasteiger partial charge is 0.232 e. The van der Waals surface area contributed by atoms with Gasteiger partial charge in [0.2, 0.25) is 9.05 Å². The SMILES string of the molecule is CCC(COCCOCCOCCOC)CS(=O)(=O)Cl. The first-order valence-electron chi connectivity index (χ1n) is 6.64. The van der Waals surface area contributed by atoms with Gasteiger partial charge in [0, 0.05) is 17.8 Å². The average Bonchev–Trinajstić information content (AvgIpc) is 2.38. The molecule has 0 aliphatic rings. The predicted octanol–water partition coefficient (Wildman–Crippen LogP) is 1.28. The van der Waals surface area contributed by atoms with Gasteiger partial charge in [0.25, 0.3) is 0 Å². The van der Waals surface area contributed by atoms with Crippen molar-refractivity contribution in [1.82, 2.24) is 0 Å². The van der Waals surface area contributed by atoms with E-state index in [1.807, 2.05) is 6.92 Å². The van der Waals surface area contributed by atoms with Crippen LogP contribution in [0.1, 0.15) is 13.3 Å². The molecule has 6 nitrogen and oxygen atoms in total. The van der Waals surface area contributed by atoms with E-state index in [9.17, 15) is 8.42 Å². The van der Waals surface area contributed by atoms with Crippen molar-refractivity contribution in [1.29, 1.82) is 0 Å². The van der Waals surface area contributed by atoms with Crippen molar-refractivity contribution >= 4 is 19.7 Å². The molecule has 20 heavy (non-hydrogen) atoms. The largest absolute Gasteiger partial charge is 0.382 e. The van der Waals surface area contributed by atoms with Gasteiger partial charge in [-0.15, -0.1) is 0 Å². The fraction of sp³-hybridized carbons (Fsp3) is 1.00. The predicted molar refractivity (Wildman–Crippen MR) is 77.8 cm³/mol. The second kappa shape index (κ2) is 12.8. The molecular formula is C12H25ClO6S.